The highest BCUT2D eigenvalue weighted by Crippen LogP contribution is 2.26. The molecule has 15 heteroatoms. The maximum absolute atomic E-state index is 13.1. The molecule has 11 nitrogen and oxygen atoms in total. The van der Waals surface area contributed by atoms with E-state index in [1.54, 1.807) is 18.2 Å². The van der Waals surface area contributed by atoms with Gasteiger partial charge in [0, 0.05) is 38.3 Å². The largest absolute Gasteiger partial charge is 0.497 e. The molecule has 0 radical (unpaired) electrons. The quantitative estimate of drug-likeness (QED) is 0.392. The second-order valence-electron chi connectivity index (χ2n) is 8.87. The number of alkyl halides is 3. The molecular formula is C24H30F3N5O6S. The van der Waals surface area contributed by atoms with Gasteiger partial charge < -0.3 is 25.4 Å². The topological polar surface area (TPSA) is 150 Å². The summed E-state index contributed by atoms with van der Waals surface area (Å²) in [5.41, 5.74) is 0.618. The molecule has 0 spiro atoms. The van der Waals surface area contributed by atoms with Crippen molar-refractivity contribution in [2.75, 3.05) is 42.9 Å². The lowest BCUT2D eigenvalue weighted by Gasteiger charge is -2.30. The molecule has 1 amide bonds. The number of ether oxygens (including phenoxy) is 1. The van der Waals surface area contributed by atoms with Crippen LogP contribution in [0.5, 0.6) is 5.75 Å². The average Bonchev–Trinajstić information content (AvgIpc) is 3.42. The van der Waals surface area contributed by atoms with E-state index < -0.39 is 22.2 Å². The Morgan fingerprint density at radius 2 is 1.79 bits per heavy atom. The third-order valence-electron chi connectivity index (χ3n) is 6.06. The second kappa shape index (κ2) is 13.0. The average molecular weight is 574 g/mol. The maximum atomic E-state index is 13.1. The Labute approximate surface area is 223 Å². The zero-order chi connectivity index (χ0) is 28.6. The Kier molecular flexibility index (Phi) is 9.97. The molecule has 1 aliphatic carbocycles. The van der Waals surface area contributed by atoms with Crippen LogP contribution in [0, 0.1) is 0 Å². The number of piperazine rings is 1. The van der Waals surface area contributed by atoms with Crippen LogP contribution in [0.1, 0.15) is 36.0 Å². The molecule has 4 rings (SSSR count). The second-order valence-corrected chi connectivity index (χ2v) is 10.6. The smallest absolute Gasteiger partial charge is 0.490 e. The zero-order valence-electron chi connectivity index (χ0n) is 21.1. The fourth-order valence-corrected chi connectivity index (χ4v) is 5.19. The van der Waals surface area contributed by atoms with Crippen LogP contribution in [0.25, 0.3) is 0 Å². The summed E-state index contributed by atoms with van der Waals surface area (Å²) in [6, 6.07) is 7.94. The Morgan fingerprint density at radius 3 is 2.38 bits per heavy atom. The van der Waals surface area contributed by atoms with Gasteiger partial charge in [-0.2, -0.15) is 13.2 Å². The standard InChI is InChI=1S/C22H29N5O4S.C2HF3O2/c1-31-18-7-4-8-19(14-18)32(29,30)26-17-13-20(22(28)25-16-5-2-3-6-16)21(24-15-17)27-11-9-23-10-12-27;3-2(4,5)1(6)7/h4,7-8,13-16,23,26H,2-3,5-6,9-12H2,1H3,(H,25,28);(H,6,7). The van der Waals surface area contributed by atoms with E-state index in [4.69, 9.17) is 14.6 Å². The predicted octanol–water partition coefficient (Wildman–Crippen LogP) is 2.61. The summed E-state index contributed by atoms with van der Waals surface area (Å²) < 4.78 is 65.2. The molecular weight excluding hydrogens is 543 g/mol. The van der Waals surface area contributed by atoms with Crippen molar-refractivity contribution >= 4 is 33.4 Å². The Balaban J connectivity index is 0.000000532. The molecule has 2 aliphatic rings. The molecule has 1 aliphatic heterocycles. The summed E-state index contributed by atoms with van der Waals surface area (Å²) in [7, 11) is -2.39. The molecule has 0 bridgehead atoms. The molecule has 214 valence electrons. The lowest BCUT2D eigenvalue weighted by atomic mass is 10.1. The van der Waals surface area contributed by atoms with Gasteiger partial charge in [0.15, 0.2) is 0 Å². The minimum atomic E-state index is -5.08. The van der Waals surface area contributed by atoms with E-state index >= 15 is 0 Å². The first-order valence-corrected chi connectivity index (χ1v) is 13.6. The normalized spacial score (nSPS) is 16.2. The highest BCUT2D eigenvalue weighted by atomic mass is 32.2. The molecule has 2 aromatic rings. The minimum Gasteiger partial charge on any atom is -0.497 e. The number of amides is 1. The number of pyridine rings is 1. The number of carbonyl (C=O) groups is 2. The Hall–Kier alpha value is -3.59. The van der Waals surface area contributed by atoms with E-state index in [-0.39, 0.29) is 22.5 Å². The number of carboxylic acids is 1. The number of sulfonamides is 1. The number of nitrogens with one attached hydrogen (secondary N) is 3. The molecule has 2 fully saturated rings. The number of aromatic nitrogens is 1. The van der Waals surface area contributed by atoms with Crippen LogP contribution in [0.2, 0.25) is 0 Å². The fourth-order valence-electron chi connectivity index (χ4n) is 4.12. The monoisotopic (exact) mass is 573 g/mol. The lowest BCUT2D eigenvalue weighted by Crippen LogP contribution is -2.45. The van der Waals surface area contributed by atoms with Gasteiger partial charge in [-0.1, -0.05) is 18.9 Å². The van der Waals surface area contributed by atoms with Crippen molar-refractivity contribution < 1.29 is 41.0 Å². The molecule has 1 aromatic heterocycles. The van der Waals surface area contributed by atoms with Crippen LogP contribution in [0.3, 0.4) is 0 Å². The molecule has 0 unspecified atom stereocenters. The van der Waals surface area contributed by atoms with Crippen molar-refractivity contribution in [2.45, 2.75) is 42.8 Å². The van der Waals surface area contributed by atoms with Crippen molar-refractivity contribution in [1.29, 1.82) is 0 Å². The van der Waals surface area contributed by atoms with E-state index in [9.17, 15) is 26.4 Å². The van der Waals surface area contributed by atoms with E-state index in [1.165, 1.54) is 25.4 Å². The third-order valence-corrected chi connectivity index (χ3v) is 7.44. The van der Waals surface area contributed by atoms with Gasteiger partial charge in [-0.3, -0.25) is 9.52 Å². The van der Waals surface area contributed by atoms with Crippen LogP contribution in [-0.4, -0.2) is 75.9 Å². The van der Waals surface area contributed by atoms with Gasteiger partial charge in [0.2, 0.25) is 0 Å². The van der Waals surface area contributed by atoms with E-state index in [1.807, 2.05) is 0 Å². The van der Waals surface area contributed by atoms with Crippen molar-refractivity contribution in [3.63, 3.8) is 0 Å². The molecule has 4 N–H and O–H groups in total. The number of anilines is 2. The number of rotatable bonds is 7. The molecule has 1 aromatic carbocycles. The van der Waals surface area contributed by atoms with Crippen molar-refractivity contribution in [3.05, 3.63) is 42.1 Å². The van der Waals surface area contributed by atoms with Gasteiger partial charge in [0.1, 0.15) is 11.6 Å². The van der Waals surface area contributed by atoms with Gasteiger partial charge >= 0.3 is 12.1 Å². The first kappa shape index (κ1) is 30.0. The van der Waals surface area contributed by atoms with Gasteiger partial charge in [0.25, 0.3) is 15.9 Å². The summed E-state index contributed by atoms with van der Waals surface area (Å²) in [6.07, 6.45) is 0.512. The SMILES string of the molecule is COc1cccc(S(=O)(=O)Nc2cnc(N3CCNCC3)c(C(=O)NC3CCCC3)c2)c1.O=C(O)C(F)(F)F. The summed E-state index contributed by atoms with van der Waals surface area (Å²) >= 11 is 0. The van der Waals surface area contributed by atoms with Gasteiger partial charge in [0.05, 0.1) is 29.5 Å². The van der Waals surface area contributed by atoms with Crippen LogP contribution in [0.4, 0.5) is 24.7 Å². The molecule has 39 heavy (non-hydrogen) atoms. The first-order chi connectivity index (χ1) is 18.4. The molecule has 1 saturated carbocycles. The van der Waals surface area contributed by atoms with Crippen LogP contribution >= 0.6 is 0 Å². The number of carbonyl (C=O) groups excluding carboxylic acids is 1. The van der Waals surface area contributed by atoms with Crippen molar-refractivity contribution in [2.24, 2.45) is 0 Å². The molecule has 2 heterocycles. The minimum absolute atomic E-state index is 0.0694. The number of benzene rings is 1. The van der Waals surface area contributed by atoms with Crippen LogP contribution in [-0.2, 0) is 14.8 Å². The number of hydrogen-bond donors (Lipinski definition) is 4. The van der Waals surface area contributed by atoms with Crippen molar-refractivity contribution in [3.8, 4) is 5.75 Å². The maximum Gasteiger partial charge on any atom is 0.490 e. The predicted molar refractivity (Wildman–Crippen MR) is 137 cm³/mol. The van der Waals surface area contributed by atoms with Gasteiger partial charge in [-0.25, -0.2) is 18.2 Å². The third kappa shape index (κ3) is 8.45. The Morgan fingerprint density at radius 1 is 1.15 bits per heavy atom. The summed E-state index contributed by atoms with van der Waals surface area (Å²) in [5.74, 6) is -1.96. The fraction of sp³-hybridized carbons (Fsp3) is 0.458. The highest BCUT2D eigenvalue weighted by molar-refractivity contribution is 7.92. The molecule has 0 atom stereocenters. The summed E-state index contributed by atoms with van der Waals surface area (Å²) in [5, 5.41) is 13.5. The van der Waals surface area contributed by atoms with Gasteiger partial charge in [-0.05, 0) is 31.0 Å². The van der Waals surface area contributed by atoms with E-state index in [2.05, 4.69) is 25.2 Å². The Bertz CT molecular complexity index is 1260. The summed E-state index contributed by atoms with van der Waals surface area (Å²) in [4.78, 5) is 28.7. The highest BCUT2D eigenvalue weighted by Gasteiger charge is 2.38. The lowest BCUT2D eigenvalue weighted by molar-refractivity contribution is -0.192. The molecule has 1 saturated heterocycles. The summed E-state index contributed by atoms with van der Waals surface area (Å²) in [6.45, 7) is 3.06. The van der Waals surface area contributed by atoms with Crippen molar-refractivity contribution in [1.82, 2.24) is 15.6 Å². The number of methoxy groups -OCH3 is 1. The number of hydrogen-bond acceptors (Lipinski definition) is 8. The number of carboxylic acid groups (broad SMARTS) is 1. The zero-order valence-corrected chi connectivity index (χ0v) is 21.9. The first-order valence-electron chi connectivity index (χ1n) is 12.1. The van der Waals surface area contributed by atoms with E-state index in [0.717, 1.165) is 51.9 Å². The van der Waals surface area contributed by atoms with E-state index in [0.29, 0.717) is 17.1 Å². The van der Waals surface area contributed by atoms with Crippen LogP contribution < -0.4 is 25.0 Å². The van der Waals surface area contributed by atoms with Gasteiger partial charge in [-0.15, -0.1) is 0 Å². The van der Waals surface area contributed by atoms with Crippen LogP contribution in [0.15, 0.2) is 41.4 Å². The number of nitrogens with zero attached hydrogens (tertiary/aromatic N) is 2. The number of halogens is 3. The number of aliphatic carboxylic acids is 1.